The van der Waals surface area contributed by atoms with Crippen molar-refractivity contribution in [3.8, 4) is 11.5 Å². The average molecular weight is 423 g/mol. The van der Waals surface area contributed by atoms with Crippen molar-refractivity contribution < 1.29 is 9.32 Å². The number of fused-ring (bicyclic) bond motifs is 1. The molecule has 0 spiro atoms. The van der Waals surface area contributed by atoms with E-state index in [1.165, 1.54) is 6.33 Å². The molecule has 1 amide bonds. The molecule has 31 heavy (non-hydrogen) atoms. The van der Waals surface area contributed by atoms with Gasteiger partial charge in [0.2, 0.25) is 17.6 Å². The predicted octanol–water partition coefficient (Wildman–Crippen LogP) is 0.829. The molecule has 160 valence electrons. The number of imidazole rings is 1. The van der Waals surface area contributed by atoms with Crippen molar-refractivity contribution in [2.45, 2.75) is 19.3 Å². The number of aryl methyl sites for hydroxylation is 1. The smallest absolute Gasteiger partial charge is 0.272 e. The van der Waals surface area contributed by atoms with Gasteiger partial charge in [-0.25, -0.2) is 10.1 Å². The zero-order chi connectivity index (χ0) is 21.6. The minimum atomic E-state index is -0.227. The fourth-order valence-electron chi connectivity index (χ4n) is 3.02. The van der Waals surface area contributed by atoms with Gasteiger partial charge in [-0.1, -0.05) is 23.4 Å². The van der Waals surface area contributed by atoms with E-state index >= 15 is 0 Å². The van der Waals surface area contributed by atoms with Crippen LogP contribution in [0.5, 0.6) is 0 Å². The molecule has 6 N–H and O–H groups in total. The normalized spacial score (nSPS) is 11.0. The van der Waals surface area contributed by atoms with Gasteiger partial charge < -0.3 is 25.9 Å². The molecule has 0 atom stereocenters. The van der Waals surface area contributed by atoms with Crippen LogP contribution in [0.15, 0.2) is 39.9 Å². The highest BCUT2D eigenvalue weighted by Gasteiger charge is 2.14. The van der Waals surface area contributed by atoms with Crippen LogP contribution in [0.1, 0.15) is 18.7 Å². The number of aromatic nitrogens is 6. The SMILES string of the molecule is Nc1nc[nH]c1-c1noc(CCC(=O)NCCCNc2n[nH]c(=O)c3ccccc23)n1. The summed E-state index contributed by atoms with van der Waals surface area (Å²) < 4.78 is 5.14. The minimum Gasteiger partial charge on any atom is -0.382 e. The summed E-state index contributed by atoms with van der Waals surface area (Å²) in [4.78, 5) is 34.8. The van der Waals surface area contributed by atoms with E-state index in [-0.39, 0.29) is 23.7 Å². The van der Waals surface area contributed by atoms with Gasteiger partial charge in [-0.15, -0.1) is 0 Å². The number of rotatable bonds is 9. The van der Waals surface area contributed by atoms with E-state index in [0.717, 1.165) is 5.39 Å². The number of nitrogens with one attached hydrogen (secondary N) is 4. The van der Waals surface area contributed by atoms with Crippen LogP contribution in [-0.4, -0.2) is 49.3 Å². The molecule has 0 saturated carbocycles. The van der Waals surface area contributed by atoms with Crippen LogP contribution in [0.25, 0.3) is 22.3 Å². The van der Waals surface area contributed by atoms with Gasteiger partial charge in [0.25, 0.3) is 5.56 Å². The molecule has 0 aliphatic rings. The van der Waals surface area contributed by atoms with E-state index in [1.54, 1.807) is 12.1 Å². The minimum absolute atomic E-state index is 0.117. The second-order valence-electron chi connectivity index (χ2n) is 6.75. The van der Waals surface area contributed by atoms with Crippen molar-refractivity contribution in [2.75, 3.05) is 24.1 Å². The first-order valence-corrected chi connectivity index (χ1v) is 9.71. The van der Waals surface area contributed by atoms with Crippen LogP contribution in [0.3, 0.4) is 0 Å². The molecule has 0 radical (unpaired) electrons. The van der Waals surface area contributed by atoms with Crippen LogP contribution in [-0.2, 0) is 11.2 Å². The topological polar surface area (TPSA) is 180 Å². The van der Waals surface area contributed by atoms with Gasteiger partial charge in [0.05, 0.1) is 11.7 Å². The number of hydrogen-bond donors (Lipinski definition) is 5. The summed E-state index contributed by atoms with van der Waals surface area (Å²) in [5.74, 6) is 1.42. The first-order chi connectivity index (χ1) is 15.1. The molecule has 4 aromatic rings. The van der Waals surface area contributed by atoms with Gasteiger partial charge in [-0.3, -0.25) is 9.59 Å². The summed E-state index contributed by atoms with van der Waals surface area (Å²) in [5, 5.41) is 17.7. The highest BCUT2D eigenvalue weighted by Crippen LogP contribution is 2.19. The molecular formula is C19H21N9O3. The molecule has 1 aromatic carbocycles. The standard InChI is InChI=1S/C19H21N9O3/c20-16-15(23-10-24-16)18-25-14(31-28-18)7-6-13(29)21-8-3-9-22-17-11-4-1-2-5-12(11)19(30)27-26-17/h1-2,4-5,10H,3,6-9,20H2,(H,21,29)(H,22,26)(H,23,24)(H,27,30). The van der Waals surface area contributed by atoms with Gasteiger partial charge in [0.15, 0.2) is 11.6 Å². The van der Waals surface area contributed by atoms with Gasteiger partial charge in [0.1, 0.15) is 5.69 Å². The van der Waals surface area contributed by atoms with Crippen molar-refractivity contribution in [3.05, 3.63) is 46.8 Å². The zero-order valence-electron chi connectivity index (χ0n) is 16.5. The molecule has 0 fully saturated rings. The molecular weight excluding hydrogens is 402 g/mol. The Balaban J connectivity index is 1.19. The number of benzene rings is 1. The fourth-order valence-corrected chi connectivity index (χ4v) is 3.02. The Bertz CT molecular complexity index is 1240. The number of hydrogen-bond acceptors (Lipinski definition) is 9. The summed E-state index contributed by atoms with van der Waals surface area (Å²) in [6, 6.07) is 7.24. The largest absolute Gasteiger partial charge is 0.382 e. The number of anilines is 2. The second kappa shape index (κ2) is 9.07. The number of H-pyrrole nitrogens is 2. The van der Waals surface area contributed by atoms with Gasteiger partial charge in [-0.2, -0.15) is 10.1 Å². The highest BCUT2D eigenvalue weighted by atomic mass is 16.5. The van der Waals surface area contributed by atoms with Crippen LogP contribution < -0.4 is 21.9 Å². The monoisotopic (exact) mass is 423 g/mol. The lowest BCUT2D eigenvalue weighted by Gasteiger charge is -2.08. The Morgan fingerprint density at radius 3 is 2.84 bits per heavy atom. The third-order valence-corrected chi connectivity index (χ3v) is 4.59. The molecule has 0 aliphatic carbocycles. The number of nitrogen functional groups attached to an aromatic ring is 1. The fraction of sp³-hybridized carbons (Fsp3) is 0.263. The van der Waals surface area contributed by atoms with Crippen LogP contribution in [0, 0.1) is 0 Å². The van der Waals surface area contributed by atoms with Gasteiger partial charge in [-0.05, 0) is 12.5 Å². The maximum Gasteiger partial charge on any atom is 0.272 e. The number of nitrogens with zero attached hydrogens (tertiary/aromatic N) is 4. The molecule has 0 unspecified atom stereocenters. The molecule has 3 aromatic heterocycles. The van der Waals surface area contributed by atoms with E-state index in [2.05, 4.69) is 40.9 Å². The number of nitrogens with two attached hydrogens (primary N) is 1. The van der Waals surface area contributed by atoms with E-state index in [9.17, 15) is 9.59 Å². The van der Waals surface area contributed by atoms with Crippen molar-refractivity contribution in [1.29, 1.82) is 0 Å². The van der Waals surface area contributed by atoms with E-state index in [4.69, 9.17) is 10.3 Å². The molecule has 0 bridgehead atoms. The predicted molar refractivity (Wildman–Crippen MR) is 113 cm³/mol. The van der Waals surface area contributed by atoms with E-state index < -0.39 is 0 Å². The summed E-state index contributed by atoms with van der Waals surface area (Å²) in [5.41, 5.74) is 5.96. The maximum atomic E-state index is 12.0. The van der Waals surface area contributed by atoms with Gasteiger partial charge in [0, 0.05) is 31.3 Å². The van der Waals surface area contributed by atoms with Crippen molar-refractivity contribution in [2.24, 2.45) is 0 Å². The molecule has 12 heteroatoms. The van der Waals surface area contributed by atoms with Crippen LogP contribution >= 0.6 is 0 Å². The third-order valence-electron chi connectivity index (χ3n) is 4.59. The Hall–Kier alpha value is -4.22. The average Bonchev–Trinajstić information content (AvgIpc) is 3.42. The Kier molecular flexibility index (Phi) is 5.87. The first kappa shape index (κ1) is 20.1. The quantitative estimate of drug-likeness (QED) is 0.244. The molecule has 0 aliphatic heterocycles. The van der Waals surface area contributed by atoms with Crippen LogP contribution in [0.2, 0.25) is 0 Å². The first-order valence-electron chi connectivity index (χ1n) is 9.71. The third kappa shape index (κ3) is 4.69. The van der Waals surface area contributed by atoms with E-state index in [0.29, 0.717) is 54.5 Å². The molecule has 0 saturated heterocycles. The van der Waals surface area contributed by atoms with Crippen molar-refractivity contribution >= 4 is 28.3 Å². The molecule has 3 heterocycles. The number of amides is 1. The lowest BCUT2D eigenvalue weighted by atomic mass is 10.2. The summed E-state index contributed by atoms with van der Waals surface area (Å²) in [6.45, 7) is 1.08. The Morgan fingerprint density at radius 2 is 2.03 bits per heavy atom. The van der Waals surface area contributed by atoms with Gasteiger partial charge >= 0.3 is 0 Å². The second-order valence-corrected chi connectivity index (χ2v) is 6.75. The highest BCUT2D eigenvalue weighted by molar-refractivity contribution is 5.90. The number of carbonyl (C=O) groups excluding carboxylic acids is 1. The zero-order valence-corrected chi connectivity index (χ0v) is 16.5. The molecule has 12 nitrogen and oxygen atoms in total. The van der Waals surface area contributed by atoms with Crippen molar-refractivity contribution in [3.63, 3.8) is 0 Å². The Labute approximate surface area is 175 Å². The van der Waals surface area contributed by atoms with Crippen molar-refractivity contribution in [1.82, 2.24) is 35.6 Å². The summed E-state index contributed by atoms with van der Waals surface area (Å²) in [6.07, 6.45) is 2.67. The molecule has 4 rings (SSSR count). The number of aromatic amines is 2. The summed E-state index contributed by atoms with van der Waals surface area (Å²) in [7, 11) is 0. The lowest BCUT2D eigenvalue weighted by molar-refractivity contribution is -0.121. The number of carbonyl (C=O) groups is 1. The van der Waals surface area contributed by atoms with E-state index in [1.807, 2.05) is 12.1 Å². The summed E-state index contributed by atoms with van der Waals surface area (Å²) >= 11 is 0. The van der Waals surface area contributed by atoms with Crippen LogP contribution in [0.4, 0.5) is 11.6 Å². The lowest BCUT2D eigenvalue weighted by Crippen LogP contribution is -2.26. The Morgan fingerprint density at radius 1 is 1.19 bits per heavy atom. The maximum absolute atomic E-state index is 12.0.